The van der Waals surface area contributed by atoms with Gasteiger partial charge in [0.05, 0.1) is 0 Å². The average Bonchev–Trinajstić information content (AvgIpc) is 2.98. The van der Waals surface area contributed by atoms with E-state index in [1.54, 1.807) is 0 Å². The second-order valence-electron chi connectivity index (χ2n) is 8.10. The Morgan fingerprint density at radius 3 is 2.76 bits per heavy atom. The van der Waals surface area contributed by atoms with Crippen LogP contribution in [0.5, 0.6) is 0 Å². The number of fused-ring (bicyclic) bond motifs is 1. The maximum atomic E-state index is 12.0. The second kappa shape index (κ2) is 7.18. The summed E-state index contributed by atoms with van der Waals surface area (Å²) in [5, 5.41) is 2.93. The lowest BCUT2D eigenvalue weighted by atomic mass is 9.96. The van der Waals surface area contributed by atoms with Crippen LogP contribution in [0.25, 0.3) is 0 Å². The van der Waals surface area contributed by atoms with Crippen molar-refractivity contribution in [2.45, 2.75) is 77.9 Å². The van der Waals surface area contributed by atoms with E-state index in [4.69, 9.17) is 9.72 Å². The number of rotatable bonds is 3. The van der Waals surface area contributed by atoms with E-state index in [0.717, 1.165) is 43.9 Å². The number of alkyl carbamates (subject to hydrolysis) is 1. The third-order valence-electron chi connectivity index (χ3n) is 4.80. The fourth-order valence-electron chi connectivity index (χ4n) is 3.77. The first kappa shape index (κ1) is 18.0. The lowest BCUT2D eigenvalue weighted by molar-refractivity contribution is 0.0525. The molecule has 2 heterocycles. The molecule has 1 aliphatic carbocycles. The molecule has 1 fully saturated rings. The number of aromatic nitrogens is 2. The Balaban J connectivity index is 1.72. The predicted octanol–water partition coefficient (Wildman–Crippen LogP) is 3.16. The first-order valence-corrected chi connectivity index (χ1v) is 9.43. The van der Waals surface area contributed by atoms with Gasteiger partial charge in [-0.15, -0.1) is 0 Å². The summed E-state index contributed by atoms with van der Waals surface area (Å²) in [6.45, 7) is 9.19. The van der Waals surface area contributed by atoms with Crippen LogP contribution >= 0.6 is 0 Å². The summed E-state index contributed by atoms with van der Waals surface area (Å²) in [7, 11) is 0. The normalized spacial score (nSPS) is 20.3. The van der Waals surface area contributed by atoms with E-state index in [2.05, 4.69) is 15.2 Å². The van der Waals surface area contributed by atoms with Gasteiger partial charge in [0.2, 0.25) is 0 Å². The molecular weight excluding hydrogens is 316 g/mol. The van der Waals surface area contributed by atoms with Crippen molar-refractivity contribution in [1.29, 1.82) is 0 Å². The van der Waals surface area contributed by atoms with Crippen molar-refractivity contribution in [3.63, 3.8) is 0 Å². The van der Waals surface area contributed by atoms with E-state index in [9.17, 15) is 4.79 Å². The Morgan fingerprint density at radius 2 is 2.00 bits per heavy atom. The third kappa shape index (κ3) is 4.41. The zero-order valence-corrected chi connectivity index (χ0v) is 15.9. The van der Waals surface area contributed by atoms with Gasteiger partial charge >= 0.3 is 6.09 Å². The van der Waals surface area contributed by atoms with E-state index in [1.807, 2.05) is 27.7 Å². The van der Waals surface area contributed by atoms with Gasteiger partial charge < -0.3 is 15.0 Å². The largest absolute Gasteiger partial charge is 0.444 e. The van der Waals surface area contributed by atoms with Gasteiger partial charge in [-0.3, -0.25) is 0 Å². The van der Waals surface area contributed by atoms with E-state index < -0.39 is 5.60 Å². The molecule has 1 N–H and O–H groups in total. The minimum atomic E-state index is -0.470. The van der Waals surface area contributed by atoms with Crippen molar-refractivity contribution in [3.8, 4) is 0 Å². The van der Waals surface area contributed by atoms with E-state index in [-0.39, 0.29) is 12.1 Å². The number of nitrogens with one attached hydrogen (secondary N) is 1. The molecule has 0 bridgehead atoms. The number of amides is 1. The number of nitrogens with zero attached hydrogens (tertiary/aromatic N) is 3. The van der Waals surface area contributed by atoms with E-state index >= 15 is 0 Å². The standard InChI is InChI=1S/C19H30N4O2/c1-13-21-16-10-6-5-9-15(16)17(22-13)23-11-7-8-14(23)12-20-18(24)25-19(2,3)4/h14H,5-12H2,1-4H3,(H,20,24). The van der Waals surface area contributed by atoms with Gasteiger partial charge in [0, 0.05) is 30.4 Å². The molecule has 1 unspecified atom stereocenters. The Labute approximate surface area is 150 Å². The van der Waals surface area contributed by atoms with Gasteiger partial charge in [0.1, 0.15) is 17.2 Å². The van der Waals surface area contributed by atoms with Crippen LogP contribution < -0.4 is 10.2 Å². The Kier molecular flexibility index (Phi) is 5.16. The molecule has 2 aliphatic rings. The number of anilines is 1. The van der Waals surface area contributed by atoms with Gasteiger partial charge in [-0.05, 0) is 66.2 Å². The van der Waals surface area contributed by atoms with Gasteiger partial charge in [-0.2, -0.15) is 0 Å². The van der Waals surface area contributed by atoms with E-state index in [0.29, 0.717) is 6.54 Å². The zero-order valence-electron chi connectivity index (χ0n) is 15.9. The molecule has 6 nitrogen and oxygen atoms in total. The molecule has 3 rings (SSSR count). The molecule has 25 heavy (non-hydrogen) atoms. The molecular formula is C19H30N4O2. The molecule has 1 saturated heterocycles. The van der Waals surface area contributed by atoms with Crippen LogP contribution in [-0.2, 0) is 17.6 Å². The predicted molar refractivity (Wildman–Crippen MR) is 98.0 cm³/mol. The number of hydrogen-bond donors (Lipinski definition) is 1. The SMILES string of the molecule is Cc1nc2c(c(N3CCCC3CNC(=O)OC(C)(C)C)n1)CCCC2. The smallest absolute Gasteiger partial charge is 0.407 e. The highest BCUT2D eigenvalue weighted by Gasteiger charge is 2.30. The molecule has 138 valence electrons. The molecule has 1 amide bonds. The molecule has 1 atom stereocenters. The lowest BCUT2D eigenvalue weighted by Gasteiger charge is -2.30. The van der Waals surface area contributed by atoms with Gasteiger partial charge in [0.25, 0.3) is 0 Å². The lowest BCUT2D eigenvalue weighted by Crippen LogP contribution is -2.43. The van der Waals surface area contributed by atoms with Crippen molar-refractivity contribution in [3.05, 3.63) is 17.1 Å². The zero-order chi connectivity index (χ0) is 18.0. The summed E-state index contributed by atoms with van der Waals surface area (Å²) in [6.07, 6.45) is 6.38. The van der Waals surface area contributed by atoms with Gasteiger partial charge in [-0.25, -0.2) is 14.8 Å². The maximum absolute atomic E-state index is 12.0. The van der Waals surface area contributed by atoms with Crippen molar-refractivity contribution in [2.24, 2.45) is 0 Å². The van der Waals surface area contributed by atoms with Crippen LogP contribution in [0.15, 0.2) is 0 Å². The number of carbonyl (C=O) groups excluding carboxylic acids is 1. The Hall–Kier alpha value is -1.85. The molecule has 1 aromatic heterocycles. The molecule has 1 aromatic rings. The van der Waals surface area contributed by atoms with Gasteiger partial charge in [0.15, 0.2) is 0 Å². The van der Waals surface area contributed by atoms with Crippen molar-refractivity contribution < 1.29 is 9.53 Å². The maximum Gasteiger partial charge on any atom is 0.407 e. The van der Waals surface area contributed by atoms with Crippen LogP contribution in [0.2, 0.25) is 0 Å². The summed E-state index contributed by atoms with van der Waals surface area (Å²) in [6, 6.07) is 0.271. The molecule has 1 aliphatic heterocycles. The van der Waals surface area contributed by atoms with Crippen LogP contribution in [-0.4, -0.2) is 40.8 Å². The Morgan fingerprint density at radius 1 is 1.24 bits per heavy atom. The molecule has 0 aromatic carbocycles. The molecule has 6 heteroatoms. The fourth-order valence-corrected chi connectivity index (χ4v) is 3.77. The summed E-state index contributed by atoms with van der Waals surface area (Å²) >= 11 is 0. The van der Waals surface area contributed by atoms with Crippen molar-refractivity contribution >= 4 is 11.9 Å². The highest BCUT2D eigenvalue weighted by Crippen LogP contribution is 2.32. The number of hydrogen-bond acceptors (Lipinski definition) is 5. The minimum Gasteiger partial charge on any atom is -0.444 e. The summed E-state index contributed by atoms with van der Waals surface area (Å²) in [5.41, 5.74) is 2.07. The second-order valence-corrected chi connectivity index (χ2v) is 8.10. The highest BCUT2D eigenvalue weighted by molar-refractivity contribution is 5.67. The first-order valence-electron chi connectivity index (χ1n) is 9.43. The van der Waals surface area contributed by atoms with Gasteiger partial charge in [-0.1, -0.05) is 0 Å². The number of aryl methyl sites for hydroxylation is 2. The van der Waals surface area contributed by atoms with Crippen molar-refractivity contribution in [2.75, 3.05) is 18.0 Å². The topological polar surface area (TPSA) is 67.4 Å². The highest BCUT2D eigenvalue weighted by atomic mass is 16.6. The molecule has 0 radical (unpaired) electrons. The van der Waals surface area contributed by atoms with Crippen LogP contribution in [0.1, 0.15) is 63.5 Å². The average molecular weight is 346 g/mol. The number of ether oxygens (including phenoxy) is 1. The van der Waals surface area contributed by atoms with Crippen LogP contribution in [0.4, 0.5) is 10.6 Å². The third-order valence-corrected chi connectivity index (χ3v) is 4.80. The minimum absolute atomic E-state index is 0.271. The number of carbonyl (C=O) groups is 1. The molecule has 0 spiro atoms. The van der Waals surface area contributed by atoms with Crippen LogP contribution in [0, 0.1) is 6.92 Å². The van der Waals surface area contributed by atoms with Crippen LogP contribution in [0.3, 0.4) is 0 Å². The van der Waals surface area contributed by atoms with E-state index in [1.165, 1.54) is 24.1 Å². The summed E-state index contributed by atoms with van der Waals surface area (Å²) in [4.78, 5) is 23.8. The monoisotopic (exact) mass is 346 g/mol. The molecule has 0 saturated carbocycles. The summed E-state index contributed by atoms with van der Waals surface area (Å²) in [5.74, 6) is 1.94. The fraction of sp³-hybridized carbons (Fsp3) is 0.737. The Bertz CT molecular complexity index is 639. The summed E-state index contributed by atoms with van der Waals surface area (Å²) < 4.78 is 5.35. The quantitative estimate of drug-likeness (QED) is 0.910. The first-order chi connectivity index (χ1) is 11.8. The van der Waals surface area contributed by atoms with Crippen molar-refractivity contribution in [1.82, 2.24) is 15.3 Å².